The van der Waals surface area contributed by atoms with Crippen LogP contribution in [0.25, 0.3) is 0 Å². The average Bonchev–Trinajstić information content (AvgIpc) is 2.78. The van der Waals surface area contributed by atoms with E-state index in [1.165, 1.54) is 7.11 Å². The van der Waals surface area contributed by atoms with Crippen LogP contribution in [0.15, 0.2) is 24.3 Å². The molecule has 0 spiro atoms. The van der Waals surface area contributed by atoms with Crippen molar-refractivity contribution in [1.29, 1.82) is 0 Å². The lowest BCUT2D eigenvalue weighted by Gasteiger charge is -2.26. The van der Waals surface area contributed by atoms with Crippen LogP contribution in [-0.2, 0) is 14.3 Å². The van der Waals surface area contributed by atoms with Gasteiger partial charge < -0.3 is 14.8 Å². The number of hydrogen-bond acceptors (Lipinski definition) is 4. The molecule has 4 nitrogen and oxygen atoms in total. The van der Waals surface area contributed by atoms with Crippen LogP contribution in [0.2, 0.25) is 0 Å². The Morgan fingerprint density at radius 1 is 1.53 bits per heavy atom. The van der Waals surface area contributed by atoms with E-state index in [9.17, 15) is 4.79 Å². The maximum Gasteiger partial charge on any atom is 0.334 e. The largest absolute Gasteiger partial charge is 0.467 e. The van der Waals surface area contributed by atoms with E-state index in [4.69, 9.17) is 9.47 Å². The highest BCUT2D eigenvalue weighted by molar-refractivity contribution is 5.85. The highest BCUT2D eigenvalue weighted by atomic mass is 16.5. The molecule has 17 heavy (non-hydrogen) atoms. The molecule has 0 saturated carbocycles. The van der Waals surface area contributed by atoms with Gasteiger partial charge in [-0.3, -0.25) is 0 Å². The fraction of sp³-hybridized carbons (Fsp3) is 0.462. The smallest absolute Gasteiger partial charge is 0.334 e. The molecule has 1 aromatic rings. The van der Waals surface area contributed by atoms with Crippen molar-refractivity contribution in [2.24, 2.45) is 0 Å². The Hall–Kier alpha value is -1.55. The monoisotopic (exact) mass is 235 g/mol. The van der Waals surface area contributed by atoms with Gasteiger partial charge >= 0.3 is 5.97 Å². The average molecular weight is 235 g/mol. The van der Waals surface area contributed by atoms with Gasteiger partial charge in [0.25, 0.3) is 0 Å². The molecule has 0 aliphatic carbocycles. The van der Waals surface area contributed by atoms with Crippen LogP contribution in [0.4, 0.5) is 5.69 Å². The zero-order valence-corrected chi connectivity index (χ0v) is 10.2. The number of ether oxygens (including phenoxy) is 2. The van der Waals surface area contributed by atoms with Gasteiger partial charge in [0.15, 0.2) is 5.54 Å². The number of hydrogen-bond donors (Lipinski definition) is 1. The third kappa shape index (κ3) is 2.42. The summed E-state index contributed by atoms with van der Waals surface area (Å²) in [6, 6.07) is 7.92. The van der Waals surface area contributed by atoms with Gasteiger partial charge in [-0.25, -0.2) is 4.79 Å². The molecule has 4 heteroatoms. The minimum atomic E-state index is -0.734. The van der Waals surface area contributed by atoms with Crippen LogP contribution in [0.1, 0.15) is 12.0 Å². The lowest BCUT2D eigenvalue weighted by molar-refractivity contribution is -0.146. The molecule has 0 radical (unpaired) electrons. The first kappa shape index (κ1) is 11.9. The number of anilines is 1. The zero-order chi connectivity index (χ0) is 12.3. The van der Waals surface area contributed by atoms with Crippen molar-refractivity contribution in [1.82, 2.24) is 0 Å². The van der Waals surface area contributed by atoms with Crippen molar-refractivity contribution in [3.63, 3.8) is 0 Å². The summed E-state index contributed by atoms with van der Waals surface area (Å²) in [7, 11) is 1.40. The Labute approximate surface area is 101 Å². The quantitative estimate of drug-likeness (QED) is 0.811. The minimum Gasteiger partial charge on any atom is -0.467 e. The summed E-state index contributed by atoms with van der Waals surface area (Å²) >= 11 is 0. The predicted molar refractivity (Wildman–Crippen MR) is 65.0 cm³/mol. The van der Waals surface area contributed by atoms with Crippen LogP contribution in [-0.4, -0.2) is 31.8 Å². The highest BCUT2D eigenvalue weighted by Gasteiger charge is 2.43. The molecule has 1 N–H and O–H groups in total. The predicted octanol–water partition coefficient (Wildman–Crippen LogP) is 1.74. The second-order valence-corrected chi connectivity index (χ2v) is 4.37. The number of esters is 1. The van der Waals surface area contributed by atoms with Gasteiger partial charge in [0.05, 0.1) is 13.7 Å². The molecule has 2 rings (SSSR count). The van der Waals surface area contributed by atoms with Crippen molar-refractivity contribution >= 4 is 11.7 Å². The summed E-state index contributed by atoms with van der Waals surface area (Å²) < 4.78 is 10.2. The van der Waals surface area contributed by atoms with Gasteiger partial charge in [-0.1, -0.05) is 12.1 Å². The molecule has 1 atom stereocenters. The fourth-order valence-corrected chi connectivity index (χ4v) is 2.07. The molecule has 0 bridgehead atoms. The normalized spacial score (nSPS) is 23.4. The van der Waals surface area contributed by atoms with E-state index in [1.54, 1.807) is 0 Å². The van der Waals surface area contributed by atoms with E-state index in [0.717, 1.165) is 11.3 Å². The van der Waals surface area contributed by atoms with Gasteiger partial charge in [0, 0.05) is 18.7 Å². The van der Waals surface area contributed by atoms with Crippen LogP contribution < -0.4 is 5.32 Å². The molecule has 1 aromatic carbocycles. The molecule has 1 aliphatic rings. The van der Waals surface area contributed by atoms with Crippen molar-refractivity contribution in [3.8, 4) is 0 Å². The number of carbonyl (C=O) groups excluding carboxylic acids is 1. The molecular weight excluding hydrogens is 218 g/mol. The Morgan fingerprint density at radius 2 is 2.35 bits per heavy atom. The lowest BCUT2D eigenvalue weighted by atomic mass is 9.98. The van der Waals surface area contributed by atoms with Gasteiger partial charge in [-0.2, -0.15) is 0 Å². The maximum atomic E-state index is 11.9. The number of carbonyl (C=O) groups is 1. The molecule has 1 heterocycles. The molecule has 0 amide bonds. The third-order valence-electron chi connectivity index (χ3n) is 3.00. The second kappa shape index (κ2) is 4.75. The Bertz CT molecular complexity index is 411. The number of aryl methyl sites for hydroxylation is 1. The van der Waals surface area contributed by atoms with Crippen molar-refractivity contribution in [3.05, 3.63) is 29.8 Å². The first-order valence-corrected chi connectivity index (χ1v) is 5.67. The SMILES string of the molecule is COC(=O)C1(Nc2cccc(C)c2)CCOC1. The molecule has 1 unspecified atom stereocenters. The van der Waals surface area contributed by atoms with Crippen molar-refractivity contribution in [2.45, 2.75) is 18.9 Å². The number of nitrogens with one attached hydrogen (secondary N) is 1. The summed E-state index contributed by atoms with van der Waals surface area (Å²) in [5, 5.41) is 3.25. The van der Waals surface area contributed by atoms with Crippen molar-refractivity contribution in [2.75, 3.05) is 25.6 Å². The molecule has 1 saturated heterocycles. The van der Waals surface area contributed by atoms with Crippen LogP contribution in [0, 0.1) is 6.92 Å². The Balaban J connectivity index is 2.21. The number of benzene rings is 1. The summed E-state index contributed by atoms with van der Waals surface area (Å²) in [5.74, 6) is -0.267. The van der Waals surface area contributed by atoms with E-state index in [1.807, 2.05) is 31.2 Å². The van der Waals surface area contributed by atoms with Crippen LogP contribution >= 0.6 is 0 Å². The molecular formula is C13H17NO3. The molecule has 0 aromatic heterocycles. The lowest BCUT2D eigenvalue weighted by Crippen LogP contribution is -2.47. The van der Waals surface area contributed by atoms with E-state index in [0.29, 0.717) is 19.6 Å². The van der Waals surface area contributed by atoms with Crippen LogP contribution in [0.3, 0.4) is 0 Å². The standard InChI is InChI=1S/C13H17NO3/c1-10-4-3-5-11(8-10)14-13(12(15)16-2)6-7-17-9-13/h3-5,8,14H,6-7,9H2,1-2H3. The highest BCUT2D eigenvalue weighted by Crippen LogP contribution is 2.26. The van der Waals surface area contributed by atoms with Crippen LogP contribution in [0.5, 0.6) is 0 Å². The summed E-state index contributed by atoms with van der Waals surface area (Å²) in [6.07, 6.45) is 0.633. The Kier molecular flexibility index (Phi) is 3.33. The Morgan fingerprint density at radius 3 is 2.94 bits per heavy atom. The van der Waals surface area contributed by atoms with Gasteiger partial charge in [-0.05, 0) is 24.6 Å². The minimum absolute atomic E-state index is 0.267. The number of rotatable bonds is 3. The molecule has 1 fully saturated rings. The van der Waals surface area contributed by atoms with Gasteiger partial charge in [0.1, 0.15) is 0 Å². The maximum absolute atomic E-state index is 11.9. The second-order valence-electron chi connectivity index (χ2n) is 4.37. The van der Waals surface area contributed by atoms with E-state index in [2.05, 4.69) is 5.32 Å². The first-order valence-electron chi connectivity index (χ1n) is 5.67. The summed E-state index contributed by atoms with van der Waals surface area (Å²) in [6.45, 7) is 2.95. The van der Waals surface area contributed by atoms with E-state index < -0.39 is 5.54 Å². The topological polar surface area (TPSA) is 47.6 Å². The summed E-state index contributed by atoms with van der Waals surface area (Å²) in [5.41, 5.74) is 1.33. The van der Waals surface area contributed by atoms with E-state index >= 15 is 0 Å². The van der Waals surface area contributed by atoms with E-state index in [-0.39, 0.29) is 5.97 Å². The first-order chi connectivity index (χ1) is 8.16. The third-order valence-corrected chi connectivity index (χ3v) is 3.00. The molecule has 92 valence electrons. The zero-order valence-electron chi connectivity index (χ0n) is 10.2. The fourth-order valence-electron chi connectivity index (χ4n) is 2.07. The van der Waals surface area contributed by atoms with Crippen molar-refractivity contribution < 1.29 is 14.3 Å². The van der Waals surface area contributed by atoms with Gasteiger partial charge in [-0.15, -0.1) is 0 Å². The van der Waals surface area contributed by atoms with Gasteiger partial charge in [0.2, 0.25) is 0 Å². The molecule has 1 aliphatic heterocycles. The number of methoxy groups -OCH3 is 1. The summed E-state index contributed by atoms with van der Waals surface area (Å²) in [4.78, 5) is 11.9.